The van der Waals surface area contributed by atoms with E-state index in [9.17, 15) is 18.0 Å². The van der Waals surface area contributed by atoms with Gasteiger partial charge in [-0.1, -0.05) is 12.1 Å². The van der Waals surface area contributed by atoms with E-state index in [1.807, 2.05) is 6.92 Å². The molecule has 2 aliphatic heterocycles. The van der Waals surface area contributed by atoms with E-state index in [4.69, 9.17) is 18.9 Å². The van der Waals surface area contributed by atoms with E-state index < -0.39 is 17.6 Å². The second kappa shape index (κ2) is 9.01. The Morgan fingerprint density at radius 3 is 2.67 bits per heavy atom. The van der Waals surface area contributed by atoms with Crippen LogP contribution in [0.5, 0.6) is 23.1 Å². The standard InChI is InChI=1S/C24H23F3N4O5/c1-23-13-30-21(31(23)9-10-34-14-23)19(33-2)20(29-22(30)32)35-12-15-3-5-16(6-4-15)36-17-7-8-28-18(11-17)24(25,26)27/h3-8,11H,9-10,12-14H2,1-2H3/t23-/m1/s1. The zero-order valence-corrected chi connectivity index (χ0v) is 19.5. The Bertz CT molecular complexity index is 1330. The molecule has 4 heterocycles. The van der Waals surface area contributed by atoms with Crippen molar-refractivity contribution >= 4 is 5.82 Å². The van der Waals surface area contributed by atoms with Crippen LogP contribution in [-0.2, 0) is 24.1 Å². The second-order valence-corrected chi connectivity index (χ2v) is 8.75. The lowest BCUT2D eigenvalue weighted by atomic mass is 10.0. The van der Waals surface area contributed by atoms with Crippen LogP contribution < -0.4 is 24.8 Å². The van der Waals surface area contributed by atoms with Gasteiger partial charge in [0.15, 0.2) is 5.82 Å². The molecular weight excluding hydrogens is 481 g/mol. The lowest BCUT2D eigenvalue weighted by Gasteiger charge is -2.39. The van der Waals surface area contributed by atoms with Crippen molar-refractivity contribution in [2.45, 2.75) is 31.8 Å². The molecule has 0 radical (unpaired) electrons. The van der Waals surface area contributed by atoms with Gasteiger partial charge < -0.3 is 23.8 Å². The molecular formula is C24H23F3N4O5. The maximum Gasteiger partial charge on any atom is 0.433 e. The smallest absolute Gasteiger partial charge is 0.433 e. The molecule has 1 aromatic carbocycles. The average molecular weight is 504 g/mol. The highest BCUT2D eigenvalue weighted by Gasteiger charge is 2.46. The zero-order chi connectivity index (χ0) is 25.5. The molecule has 2 aliphatic rings. The first-order chi connectivity index (χ1) is 17.2. The van der Waals surface area contributed by atoms with Gasteiger partial charge in [0.25, 0.3) is 5.88 Å². The molecule has 0 amide bonds. The van der Waals surface area contributed by atoms with Crippen molar-refractivity contribution < 1.29 is 32.1 Å². The highest BCUT2D eigenvalue weighted by atomic mass is 19.4. The Morgan fingerprint density at radius 1 is 1.17 bits per heavy atom. The van der Waals surface area contributed by atoms with Crippen molar-refractivity contribution in [2.75, 3.05) is 31.8 Å². The average Bonchev–Trinajstić information content (AvgIpc) is 3.17. The SMILES string of the molecule is COc1c(OCc2ccc(Oc3ccnc(C(F)(F)F)c3)cc2)nc(=O)n2c1N1CCOC[C@@]1(C)C2. The van der Waals surface area contributed by atoms with E-state index in [0.717, 1.165) is 17.8 Å². The summed E-state index contributed by atoms with van der Waals surface area (Å²) < 4.78 is 62.8. The minimum atomic E-state index is -4.56. The largest absolute Gasteiger partial charge is 0.489 e. The van der Waals surface area contributed by atoms with Gasteiger partial charge in [-0.3, -0.25) is 9.55 Å². The fraction of sp³-hybridized carbons (Fsp3) is 0.375. The molecule has 36 heavy (non-hydrogen) atoms. The third-order valence-electron chi connectivity index (χ3n) is 6.12. The molecule has 0 bridgehead atoms. The Balaban J connectivity index is 1.31. The third-order valence-corrected chi connectivity index (χ3v) is 6.12. The van der Waals surface area contributed by atoms with Crippen molar-refractivity contribution in [1.29, 1.82) is 0 Å². The monoisotopic (exact) mass is 504 g/mol. The van der Waals surface area contributed by atoms with Crippen molar-refractivity contribution in [3.05, 3.63) is 64.3 Å². The molecule has 1 saturated heterocycles. The number of alkyl halides is 3. The Morgan fingerprint density at radius 2 is 1.94 bits per heavy atom. The summed E-state index contributed by atoms with van der Waals surface area (Å²) in [4.78, 5) is 22.3. The van der Waals surface area contributed by atoms with Gasteiger partial charge in [0.05, 0.1) is 32.4 Å². The van der Waals surface area contributed by atoms with E-state index >= 15 is 0 Å². The number of morpholine rings is 1. The summed E-state index contributed by atoms with van der Waals surface area (Å²) >= 11 is 0. The van der Waals surface area contributed by atoms with Crippen LogP contribution in [0.3, 0.4) is 0 Å². The molecule has 0 aliphatic carbocycles. The van der Waals surface area contributed by atoms with Crippen LogP contribution in [0, 0.1) is 0 Å². The second-order valence-electron chi connectivity index (χ2n) is 8.75. The fourth-order valence-corrected chi connectivity index (χ4v) is 4.39. The molecule has 0 saturated carbocycles. The number of halogens is 3. The number of aromatic nitrogens is 3. The predicted octanol–water partition coefficient (Wildman–Crippen LogP) is 3.65. The van der Waals surface area contributed by atoms with Gasteiger partial charge in [-0.2, -0.15) is 18.2 Å². The van der Waals surface area contributed by atoms with Crippen LogP contribution in [0.2, 0.25) is 0 Å². The van der Waals surface area contributed by atoms with Gasteiger partial charge >= 0.3 is 11.9 Å². The van der Waals surface area contributed by atoms with Gasteiger partial charge in [-0.25, -0.2) is 4.79 Å². The van der Waals surface area contributed by atoms with Gasteiger partial charge in [-0.15, -0.1) is 0 Å². The van der Waals surface area contributed by atoms with E-state index in [2.05, 4.69) is 14.9 Å². The number of rotatable bonds is 6. The maximum absolute atomic E-state index is 12.9. The van der Waals surface area contributed by atoms with Gasteiger partial charge in [0, 0.05) is 18.8 Å². The minimum absolute atomic E-state index is 0.0176. The lowest BCUT2D eigenvalue weighted by Crippen LogP contribution is -2.53. The summed E-state index contributed by atoms with van der Waals surface area (Å²) in [5.41, 5.74) is -1.11. The first kappa shape index (κ1) is 23.9. The number of ether oxygens (including phenoxy) is 4. The summed E-state index contributed by atoms with van der Waals surface area (Å²) in [6.07, 6.45) is -3.52. The van der Waals surface area contributed by atoms with Crippen LogP contribution >= 0.6 is 0 Å². The molecule has 5 rings (SSSR count). The molecule has 9 nitrogen and oxygen atoms in total. The molecule has 0 unspecified atom stereocenters. The fourth-order valence-electron chi connectivity index (χ4n) is 4.39. The molecule has 0 spiro atoms. The number of nitrogens with zero attached hydrogens (tertiary/aromatic N) is 4. The lowest BCUT2D eigenvalue weighted by molar-refractivity contribution is -0.141. The minimum Gasteiger partial charge on any atom is -0.489 e. The van der Waals surface area contributed by atoms with E-state index in [1.165, 1.54) is 13.2 Å². The quantitative estimate of drug-likeness (QED) is 0.503. The number of pyridine rings is 1. The van der Waals surface area contributed by atoms with Crippen molar-refractivity contribution in [3.8, 4) is 23.1 Å². The topological polar surface area (TPSA) is 87.9 Å². The van der Waals surface area contributed by atoms with Gasteiger partial charge in [0.2, 0.25) is 5.75 Å². The van der Waals surface area contributed by atoms with Crippen LogP contribution in [0.25, 0.3) is 0 Å². The summed E-state index contributed by atoms with van der Waals surface area (Å²) in [6.45, 7) is 4.18. The normalized spacial score (nSPS) is 19.0. The van der Waals surface area contributed by atoms with Crippen molar-refractivity contribution in [2.24, 2.45) is 0 Å². The number of benzene rings is 1. The predicted molar refractivity (Wildman–Crippen MR) is 122 cm³/mol. The summed E-state index contributed by atoms with van der Waals surface area (Å²) in [6, 6.07) is 8.79. The number of hydrogen-bond acceptors (Lipinski definition) is 8. The Hall–Kier alpha value is -3.80. The van der Waals surface area contributed by atoms with Crippen LogP contribution in [-0.4, -0.2) is 46.9 Å². The molecule has 190 valence electrons. The van der Waals surface area contributed by atoms with Crippen molar-refractivity contribution in [3.63, 3.8) is 0 Å². The van der Waals surface area contributed by atoms with Crippen LogP contribution in [0.15, 0.2) is 47.4 Å². The molecule has 0 N–H and O–H groups in total. The summed E-state index contributed by atoms with van der Waals surface area (Å²) in [7, 11) is 1.50. The van der Waals surface area contributed by atoms with E-state index in [-0.39, 0.29) is 23.8 Å². The zero-order valence-electron chi connectivity index (χ0n) is 19.5. The number of anilines is 1. The van der Waals surface area contributed by atoms with Crippen LogP contribution in [0.1, 0.15) is 18.2 Å². The van der Waals surface area contributed by atoms with Gasteiger partial charge in [-0.05, 0) is 30.7 Å². The Kier molecular flexibility index (Phi) is 5.99. The summed E-state index contributed by atoms with van der Waals surface area (Å²) in [5.74, 6) is 1.44. The summed E-state index contributed by atoms with van der Waals surface area (Å²) in [5, 5.41) is 0. The highest BCUT2D eigenvalue weighted by molar-refractivity contribution is 5.62. The molecule has 12 heteroatoms. The van der Waals surface area contributed by atoms with E-state index in [1.54, 1.807) is 28.8 Å². The number of fused-ring (bicyclic) bond motifs is 3. The van der Waals surface area contributed by atoms with E-state index in [0.29, 0.717) is 43.6 Å². The van der Waals surface area contributed by atoms with Crippen molar-refractivity contribution in [1.82, 2.24) is 14.5 Å². The molecule has 2 aromatic heterocycles. The molecule has 1 atom stereocenters. The van der Waals surface area contributed by atoms with Gasteiger partial charge in [0.1, 0.15) is 23.8 Å². The Labute approximate surface area is 204 Å². The first-order valence-electron chi connectivity index (χ1n) is 11.1. The maximum atomic E-state index is 12.9. The highest BCUT2D eigenvalue weighted by Crippen LogP contribution is 2.44. The number of hydrogen-bond donors (Lipinski definition) is 0. The first-order valence-corrected chi connectivity index (χ1v) is 11.1. The molecule has 1 fully saturated rings. The third kappa shape index (κ3) is 4.43. The molecule has 3 aromatic rings. The van der Waals surface area contributed by atoms with Crippen LogP contribution in [0.4, 0.5) is 19.0 Å². The number of methoxy groups -OCH3 is 1.